The fraction of sp³-hybridized carbons (Fsp3) is 0. The summed E-state index contributed by atoms with van der Waals surface area (Å²) in [7, 11) is 0. The van der Waals surface area contributed by atoms with Crippen LogP contribution in [0.5, 0.6) is 0 Å². The maximum absolute atomic E-state index is 12.5. The molecule has 0 saturated heterocycles. The summed E-state index contributed by atoms with van der Waals surface area (Å²) in [6.07, 6.45) is 0. The average molecular weight is 418 g/mol. The normalized spacial score (nSPS) is 10.9. The number of hydrogen-bond donors (Lipinski definition) is 1. The zero-order valence-electron chi connectivity index (χ0n) is 13.7. The molecule has 8 heteroatoms. The molecule has 134 valence electrons. The number of hydrogen-bond acceptors (Lipinski definition) is 3. The van der Waals surface area contributed by atoms with Crippen molar-refractivity contribution in [2.24, 2.45) is 0 Å². The molecule has 0 atom stereocenters. The van der Waals surface area contributed by atoms with Gasteiger partial charge in [-0.25, -0.2) is 0 Å². The van der Waals surface area contributed by atoms with Crippen molar-refractivity contribution >= 4 is 57.4 Å². The van der Waals surface area contributed by atoms with Gasteiger partial charge in [-0.2, -0.15) is 4.80 Å². The van der Waals surface area contributed by atoms with E-state index in [1.165, 1.54) is 10.9 Å². The molecular formula is C19H11Cl3N4O. The molecule has 0 saturated carbocycles. The largest absolute Gasteiger partial charge is 0.322 e. The highest BCUT2D eigenvalue weighted by Gasteiger charge is 2.13. The molecule has 1 amide bonds. The molecule has 27 heavy (non-hydrogen) atoms. The molecule has 1 aromatic heterocycles. The topological polar surface area (TPSA) is 59.8 Å². The third-order valence-electron chi connectivity index (χ3n) is 3.85. The van der Waals surface area contributed by atoms with Gasteiger partial charge in [-0.05, 0) is 54.6 Å². The summed E-state index contributed by atoms with van der Waals surface area (Å²) < 4.78 is 0. The number of nitrogens with one attached hydrogen (secondary N) is 1. The third kappa shape index (κ3) is 3.76. The molecule has 0 radical (unpaired) electrons. The number of nitrogens with zero attached hydrogens (tertiary/aromatic N) is 3. The van der Waals surface area contributed by atoms with Gasteiger partial charge in [-0.15, -0.1) is 10.2 Å². The number of aromatic nitrogens is 3. The highest BCUT2D eigenvalue weighted by molar-refractivity contribution is 6.36. The van der Waals surface area contributed by atoms with E-state index >= 15 is 0 Å². The molecule has 0 spiro atoms. The van der Waals surface area contributed by atoms with E-state index in [9.17, 15) is 4.79 Å². The lowest BCUT2D eigenvalue weighted by molar-refractivity contribution is 0.102. The van der Waals surface area contributed by atoms with Gasteiger partial charge in [0.2, 0.25) is 0 Å². The summed E-state index contributed by atoms with van der Waals surface area (Å²) in [5.74, 6) is -0.357. The lowest BCUT2D eigenvalue weighted by Crippen LogP contribution is -2.12. The van der Waals surface area contributed by atoms with Crippen LogP contribution in [0, 0.1) is 0 Å². The van der Waals surface area contributed by atoms with E-state index < -0.39 is 0 Å². The van der Waals surface area contributed by atoms with E-state index in [1.807, 2.05) is 12.1 Å². The molecule has 0 bridgehead atoms. The highest BCUT2D eigenvalue weighted by Crippen LogP contribution is 2.23. The SMILES string of the molecule is O=C(Nc1ccc2nn(-c3cccc(Cl)c3)nc2c1)c1cc(Cl)ccc1Cl. The van der Waals surface area contributed by atoms with Gasteiger partial charge in [0.05, 0.1) is 16.3 Å². The van der Waals surface area contributed by atoms with Crippen LogP contribution in [0.25, 0.3) is 16.7 Å². The Morgan fingerprint density at radius 3 is 2.44 bits per heavy atom. The molecule has 0 aliphatic heterocycles. The fourth-order valence-corrected chi connectivity index (χ4v) is 3.14. The van der Waals surface area contributed by atoms with Crippen LogP contribution in [-0.2, 0) is 0 Å². The molecule has 1 heterocycles. The Kier molecular flexibility index (Phi) is 4.74. The number of fused-ring (bicyclic) bond motifs is 1. The van der Waals surface area contributed by atoms with Crippen molar-refractivity contribution in [2.75, 3.05) is 5.32 Å². The van der Waals surface area contributed by atoms with Crippen LogP contribution in [0.3, 0.4) is 0 Å². The minimum absolute atomic E-state index is 0.298. The molecule has 3 aromatic carbocycles. The van der Waals surface area contributed by atoms with Crippen molar-refractivity contribution in [1.82, 2.24) is 15.0 Å². The van der Waals surface area contributed by atoms with Gasteiger partial charge in [0.15, 0.2) is 0 Å². The van der Waals surface area contributed by atoms with E-state index in [1.54, 1.807) is 42.5 Å². The molecule has 0 aliphatic rings. The predicted molar refractivity (Wildman–Crippen MR) is 108 cm³/mol. The Bertz CT molecular complexity index is 1170. The second kappa shape index (κ2) is 7.19. The first-order valence-electron chi connectivity index (χ1n) is 7.89. The Morgan fingerprint density at radius 2 is 1.63 bits per heavy atom. The summed E-state index contributed by atoms with van der Waals surface area (Å²) in [4.78, 5) is 14.0. The van der Waals surface area contributed by atoms with Gasteiger partial charge in [0.25, 0.3) is 5.91 Å². The smallest absolute Gasteiger partial charge is 0.257 e. The summed E-state index contributed by atoms with van der Waals surface area (Å²) in [6, 6.07) is 17.2. The maximum Gasteiger partial charge on any atom is 0.257 e. The number of benzene rings is 3. The first-order valence-corrected chi connectivity index (χ1v) is 9.02. The van der Waals surface area contributed by atoms with Crippen molar-refractivity contribution in [3.63, 3.8) is 0 Å². The Hall–Kier alpha value is -2.60. The van der Waals surface area contributed by atoms with Crippen LogP contribution in [0.2, 0.25) is 15.1 Å². The van der Waals surface area contributed by atoms with E-state index in [4.69, 9.17) is 34.8 Å². The van der Waals surface area contributed by atoms with E-state index in [-0.39, 0.29) is 5.91 Å². The quantitative estimate of drug-likeness (QED) is 0.470. The van der Waals surface area contributed by atoms with Gasteiger partial charge >= 0.3 is 0 Å². The maximum atomic E-state index is 12.5. The summed E-state index contributed by atoms with van der Waals surface area (Å²) in [5.41, 5.74) is 2.93. The van der Waals surface area contributed by atoms with Crippen molar-refractivity contribution in [1.29, 1.82) is 0 Å². The lowest BCUT2D eigenvalue weighted by atomic mass is 10.2. The predicted octanol–water partition coefficient (Wildman–Crippen LogP) is 5.63. The minimum Gasteiger partial charge on any atom is -0.322 e. The summed E-state index contributed by atoms with van der Waals surface area (Å²) in [6.45, 7) is 0. The highest BCUT2D eigenvalue weighted by atomic mass is 35.5. The molecule has 5 nitrogen and oxygen atoms in total. The van der Waals surface area contributed by atoms with Gasteiger partial charge in [-0.3, -0.25) is 4.79 Å². The Balaban J connectivity index is 1.64. The van der Waals surface area contributed by atoms with Crippen molar-refractivity contribution in [2.45, 2.75) is 0 Å². The molecule has 0 unspecified atom stereocenters. The first kappa shape index (κ1) is 17.8. The molecular weight excluding hydrogens is 407 g/mol. The van der Waals surface area contributed by atoms with Crippen LogP contribution < -0.4 is 5.32 Å². The van der Waals surface area contributed by atoms with Gasteiger partial charge in [0.1, 0.15) is 11.0 Å². The number of anilines is 1. The minimum atomic E-state index is -0.357. The average Bonchev–Trinajstić information content (AvgIpc) is 3.07. The molecule has 0 fully saturated rings. The molecule has 4 aromatic rings. The fourth-order valence-electron chi connectivity index (χ4n) is 2.58. The number of amides is 1. The molecule has 0 aliphatic carbocycles. The van der Waals surface area contributed by atoms with Gasteiger partial charge in [0, 0.05) is 15.7 Å². The number of rotatable bonds is 3. The van der Waals surface area contributed by atoms with Crippen LogP contribution in [0.1, 0.15) is 10.4 Å². The summed E-state index contributed by atoms with van der Waals surface area (Å²) >= 11 is 18.0. The van der Waals surface area contributed by atoms with Crippen molar-refractivity contribution in [3.05, 3.63) is 81.3 Å². The zero-order chi connectivity index (χ0) is 19.0. The van der Waals surface area contributed by atoms with Crippen LogP contribution in [0.4, 0.5) is 5.69 Å². The lowest BCUT2D eigenvalue weighted by Gasteiger charge is -2.07. The first-order chi connectivity index (χ1) is 13.0. The monoisotopic (exact) mass is 416 g/mol. The van der Waals surface area contributed by atoms with E-state index in [0.717, 1.165) is 5.69 Å². The third-order valence-corrected chi connectivity index (χ3v) is 4.65. The van der Waals surface area contributed by atoms with Gasteiger partial charge < -0.3 is 5.32 Å². The number of carbonyl (C=O) groups excluding carboxylic acids is 1. The van der Waals surface area contributed by atoms with Crippen LogP contribution in [0.15, 0.2) is 60.7 Å². The van der Waals surface area contributed by atoms with Crippen molar-refractivity contribution in [3.8, 4) is 5.69 Å². The van der Waals surface area contributed by atoms with Crippen LogP contribution in [-0.4, -0.2) is 20.9 Å². The standard InChI is InChI=1S/C19H11Cl3N4O/c20-11-2-1-3-14(8-11)26-24-17-7-5-13(10-18(17)25-26)23-19(27)15-9-12(21)4-6-16(15)22/h1-10H,(H,23,27). The molecule has 1 N–H and O–H groups in total. The summed E-state index contributed by atoms with van der Waals surface area (Å²) in [5, 5.41) is 13.0. The molecule has 4 rings (SSSR count). The van der Waals surface area contributed by atoms with E-state index in [0.29, 0.717) is 37.4 Å². The van der Waals surface area contributed by atoms with Crippen LogP contribution >= 0.6 is 34.8 Å². The Morgan fingerprint density at radius 1 is 0.852 bits per heavy atom. The number of halogens is 3. The van der Waals surface area contributed by atoms with E-state index in [2.05, 4.69) is 15.5 Å². The Labute approximate surface area is 169 Å². The second-order valence-electron chi connectivity index (χ2n) is 5.75. The number of carbonyl (C=O) groups is 1. The zero-order valence-corrected chi connectivity index (χ0v) is 15.9. The van der Waals surface area contributed by atoms with Gasteiger partial charge in [-0.1, -0.05) is 40.9 Å². The van der Waals surface area contributed by atoms with Crippen molar-refractivity contribution < 1.29 is 4.79 Å². The second-order valence-corrected chi connectivity index (χ2v) is 7.03.